The highest BCUT2D eigenvalue weighted by molar-refractivity contribution is 5.98. The van der Waals surface area contributed by atoms with Gasteiger partial charge in [-0.25, -0.2) is 0 Å². The number of hydrogen-bond donors (Lipinski definition) is 1. The smallest absolute Gasteiger partial charge is 0.234 e. The topological polar surface area (TPSA) is 58.6 Å². The number of carbonyl (C=O) groups excluding carboxylic acids is 2. The number of ether oxygens (including phenoxy) is 1. The molecule has 1 aromatic carbocycles. The minimum atomic E-state index is -0.0651. The lowest BCUT2D eigenvalue weighted by molar-refractivity contribution is -0.121. The fourth-order valence-corrected chi connectivity index (χ4v) is 1.81. The third-order valence-electron chi connectivity index (χ3n) is 2.93. The number of carbonyl (C=O) groups is 2. The van der Waals surface area contributed by atoms with E-state index in [-0.39, 0.29) is 24.8 Å². The van der Waals surface area contributed by atoms with Crippen molar-refractivity contribution in [1.82, 2.24) is 10.2 Å². The van der Waals surface area contributed by atoms with Gasteiger partial charge in [0.05, 0.1) is 20.2 Å². The van der Waals surface area contributed by atoms with Crippen LogP contribution in [0.1, 0.15) is 24.2 Å². The van der Waals surface area contributed by atoms with E-state index in [0.29, 0.717) is 23.8 Å². The zero-order chi connectivity index (χ0) is 15.8. The largest absolute Gasteiger partial charge is 0.497 e. The van der Waals surface area contributed by atoms with E-state index in [9.17, 15) is 9.59 Å². The van der Waals surface area contributed by atoms with Crippen LogP contribution in [0.4, 0.5) is 0 Å². The fourth-order valence-electron chi connectivity index (χ4n) is 1.81. The summed E-state index contributed by atoms with van der Waals surface area (Å²) in [4.78, 5) is 25.5. The average Bonchev–Trinajstić information content (AvgIpc) is 2.45. The van der Waals surface area contributed by atoms with E-state index in [0.717, 1.165) is 0 Å². The summed E-state index contributed by atoms with van der Waals surface area (Å²) in [7, 11) is 3.32. The molecule has 21 heavy (non-hydrogen) atoms. The van der Waals surface area contributed by atoms with Crippen LogP contribution in [0.5, 0.6) is 5.75 Å². The normalized spacial score (nSPS) is 10.8. The summed E-state index contributed by atoms with van der Waals surface area (Å²) in [5.74, 6) is 0.966. The van der Waals surface area contributed by atoms with E-state index in [1.165, 1.54) is 0 Å². The Bertz CT molecular complexity index is 486. The summed E-state index contributed by atoms with van der Waals surface area (Å²) in [5, 5.41) is 2.83. The number of benzene rings is 1. The Balaban J connectivity index is 2.48. The SMILES string of the molecule is COc1cccc(C(=O)CN(C)CC(=O)NCC(C)C)c1. The highest BCUT2D eigenvalue weighted by Gasteiger charge is 2.13. The number of ketones is 1. The Morgan fingerprint density at radius 2 is 2.00 bits per heavy atom. The summed E-state index contributed by atoms with van der Waals surface area (Å²) < 4.78 is 5.10. The quantitative estimate of drug-likeness (QED) is 0.739. The fraction of sp³-hybridized carbons (Fsp3) is 0.500. The first-order chi connectivity index (χ1) is 9.92. The van der Waals surface area contributed by atoms with E-state index in [4.69, 9.17) is 4.74 Å². The maximum absolute atomic E-state index is 12.1. The van der Waals surface area contributed by atoms with Crippen LogP contribution in [0.15, 0.2) is 24.3 Å². The van der Waals surface area contributed by atoms with Crippen LogP contribution in [0.3, 0.4) is 0 Å². The molecule has 1 aromatic rings. The molecule has 0 aromatic heterocycles. The molecular formula is C16H24N2O3. The summed E-state index contributed by atoms with van der Waals surface area (Å²) in [5.41, 5.74) is 0.587. The number of amides is 1. The maximum atomic E-state index is 12.1. The standard InChI is InChI=1S/C16H24N2O3/c1-12(2)9-17-16(20)11-18(3)10-15(19)13-6-5-7-14(8-13)21-4/h5-8,12H,9-11H2,1-4H3,(H,17,20). The lowest BCUT2D eigenvalue weighted by Gasteiger charge is -2.16. The van der Waals surface area contributed by atoms with Crippen molar-refractivity contribution in [2.45, 2.75) is 13.8 Å². The molecule has 0 aliphatic rings. The third kappa shape index (κ3) is 6.40. The Kier molecular flexibility index (Phi) is 6.88. The number of nitrogens with one attached hydrogen (secondary N) is 1. The highest BCUT2D eigenvalue weighted by Crippen LogP contribution is 2.13. The molecule has 0 atom stereocenters. The molecule has 0 radical (unpaired) electrons. The van der Waals surface area contributed by atoms with Crippen molar-refractivity contribution in [2.75, 3.05) is 33.8 Å². The van der Waals surface area contributed by atoms with Gasteiger partial charge in [-0.15, -0.1) is 0 Å². The van der Waals surface area contributed by atoms with E-state index in [2.05, 4.69) is 5.32 Å². The van der Waals surface area contributed by atoms with Gasteiger partial charge in [0.1, 0.15) is 5.75 Å². The molecule has 0 heterocycles. The van der Waals surface area contributed by atoms with Crippen LogP contribution in [-0.4, -0.2) is 50.4 Å². The van der Waals surface area contributed by atoms with Crippen molar-refractivity contribution in [3.8, 4) is 5.75 Å². The van der Waals surface area contributed by atoms with Gasteiger partial charge >= 0.3 is 0 Å². The first-order valence-corrected chi connectivity index (χ1v) is 7.05. The number of nitrogens with zero attached hydrogens (tertiary/aromatic N) is 1. The molecule has 0 saturated carbocycles. The first kappa shape index (κ1) is 17.2. The van der Waals surface area contributed by atoms with E-state index in [1.807, 2.05) is 13.8 Å². The zero-order valence-electron chi connectivity index (χ0n) is 13.2. The van der Waals surface area contributed by atoms with Crippen LogP contribution in [0.2, 0.25) is 0 Å². The molecule has 0 fully saturated rings. The summed E-state index contributed by atoms with van der Waals surface area (Å²) in [6, 6.07) is 7.02. The molecule has 0 spiro atoms. The van der Waals surface area contributed by atoms with Crippen molar-refractivity contribution < 1.29 is 14.3 Å². The molecule has 1 amide bonds. The summed E-state index contributed by atoms with van der Waals surface area (Å²) in [6.07, 6.45) is 0. The Morgan fingerprint density at radius 3 is 2.62 bits per heavy atom. The summed E-state index contributed by atoms with van der Waals surface area (Å²) >= 11 is 0. The van der Waals surface area contributed by atoms with Crippen molar-refractivity contribution in [3.63, 3.8) is 0 Å². The molecule has 116 valence electrons. The second-order valence-electron chi connectivity index (χ2n) is 5.53. The highest BCUT2D eigenvalue weighted by atomic mass is 16.5. The van der Waals surface area contributed by atoms with Crippen molar-refractivity contribution in [3.05, 3.63) is 29.8 Å². The van der Waals surface area contributed by atoms with Gasteiger partial charge in [-0.05, 0) is 25.1 Å². The predicted molar refractivity (Wildman–Crippen MR) is 82.7 cm³/mol. The third-order valence-corrected chi connectivity index (χ3v) is 2.93. The minimum Gasteiger partial charge on any atom is -0.497 e. The molecular weight excluding hydrogens is 268 g/mol. The summed E-state index contributed by atoms with van der Waals surface area (Å²) in [6.45, 7) is 5.13. The van der Waals surface area contributed by atoms with Crippen LogP contribution in [-0.2, 0) is 4.79 Å². The number of likely N-dealkylation sites (N-methyl/N-ethyl adjacent to an activating group) is 1. The Morgan fingerprint density at radius 1 is 1.29 bits per heavy atom. The van der Waals surface area contributed by atoms with Gasteiger partial charge in [-0.1, -0.05) is 26.0 Å². The zero-order valence-corrected chi connectivity index (χ0v) is 13.2. The van der Waals surface area contributed by atoms with Gasteiger partial charge in [0, 0.05) is 12.1 Å². The first-order valence-electron chi connectivity index (χ1n) is 7.05. The number of hydrogen-bond acceptors (Lipinski definition) is 4. The molecule has 5 heteroatoms. The monoisotopic (exact) mass is 292 g/mol. The van der Waals surface area contributed by atoms with Crippen LogP contribution in [0.25, 0.3) is 0 Å². The molecule has 5 nitrogen and oxygen atoms in total. The van der Waals surface area contributed by atoms with Crippen molar-refractivity contribution in [2.24, 2.45) is 5.92 Å². The van der Waals surface area contributed by atoms with Gasteiger partial charge in [0.25, 0.3) is 0 Å². The van der Waals surface area contributed by atoms with Gasteiger partial charge < -0.3 is 10.1 Å². The number of rotatable bonds is 8. The van der Waals surface area contributed by atoms with E-state index >= 15 is 0 Å². The van der Waals surface area contributed by atoms with Crippen LogP contribution < -0.4 is 10.1 Å². The Hall–Kier alpha value is -1.88. The minimum absolute atomic E-state index is 0.0342. The lowest BCUT2D eigenvalue weighted by atomic mass is 10.1. The van der Waals surface area contributed by atoms with Gasteiger partial charge in [-0.3, -0.25) is 14.5 Å². The molecule has 1 rings (SSSR count). The lowest BCUT2D eigenvalue weighted by Crippen LogP contribution is -2.38. The maximum Gasteiger partial charge on any atom is 0.234 e. The Labute approximate surface area is 126 Å². The second kappa shape index (κ2) is 8.42. The molecule has 1 N–H and O–H groups in total. The molecule has 0 unspecified atom stereocenters. The molecule has 0 aliphatic heterocycles. The van der Waals surface area contributed by atoms with Crippen LogP contribution in [0, 0.1) is 5.92 Å². The predicted octanol–water partition coefficient (Wildman–Crippen LogP) is 1.58. The van der Waals surface area contributed by atoms with Gasteiger partial charge in [-0.2, -0.15) is 0 Å². The van der Waals surface area contributed by atoms with Gasteiger partial charge in [0.2, 0.25) is 5.91 Å². The van der Waals surface area contributed by atoms with E-state index < -0.39 is 0 Å². The van der Waals surface area contributed by atoms with Crippen molar-refractivity contribution >= 4 is 11.7 Å². The molecule has 0 saturated heterocycles. The number of methoxy groups -OCH3 is 1. The number of Topliss-reactive ketones (excluding diaryl/α,β-unsaturated/α-hetero) is 1. The van der Waals surface area contributed by atoms with Crippen molar-refractivity contribution in [1.29, 1.82) is 0 Å². The average molecular weight is 292 g/mol. The molecule has 0 bridgehead atoms. The second-order valence-corrected chi connectivity index (χ2v) is 5.53. The van der Waals surface area contributed by atoms with Gasteiger partial charge in [0.15, 0.2) is 5.78 Å². The van der Waals surface area contributed by atoms with Crippen LogP contribution >= 0.6 is 0 Å². The van der Waals surface area contributed by atoms with E-state index in [1.54, 1.807) is 43.3 Å². The molecule has 0 aliphatic carbocycles.